The van der Waals surface area contributed by atoms with Gasteiger partial charge in [-0.05, 0) is 6.92 Å². The molecule has 5 heteroatoms. The highest BCUT2D eigenvalue weighted by Gasteiger charge is 2.07. The van der Waals surface area contributed by atoms with Gasteiger partial charge in [-0.25, -0.2) is 4.79 Å². The fourth-order valence-electron chi connectivity index (χ4n) is 0.528. The monoisotopic (exact) mass is 144 g/mol. The summed E-state index contributed by atoms with van der Waals surface area (Å²) < 4.78 is 9.10. The molecule has 0 saturated carbocycles. The average molecular weight is 144 g/mol. The van der Waals surface area contributed by atoms with Gasteiger partial charge in [0, 0.05) is 7.11 Å². The molecule has 0 bridgehead atoms. The van der Waals surface area contributed by atoms with Crippen molar-refractivity contribution in [3.05, 3.63) is 16.4 Å². The lowest BCUT2D eigenvalue weighted by atomic mass is 10.4. The predicted octanol–water partition coefficient (Wildman–Crippen LogP) is 0.0703. The number of nitrogens with zero attached hydrogens (tertiary/aromatic N) is 1. The van der Waals surface area contributed by atoms with Crippen molar-refractivity contribution in [3.63, 3.8) is 0 Å². The molecule has 0 spiro atoms. The smallest absolute Gasteiger partial charge is 0.374 e. The van der Waals surface area contributed by atoms with Crippen molar-refractivity contribution in [1.29, 1.82) is 0 Å². The first-order valence-corrected chi connectivity index (χ1v) is 2.82. The normalized spacial score (nSPS) is 13.4. The zero-order valence-corrected chi connectivity index (χ0v) is 5.75. The Morgan fingerprint density at radius 2 is 2.50 bits per heavy atom. The number of hydrogen-bond donors (Lipinski definition) is 1. The Bertz CT molecular complexity index is 251. The van der Waals surface area contributed by atoms with Crippen molar-refractivity contribution in [3.8, 4) is 0 Å². The molecule has 1 aromatic rings. The molecule has 0 aromatic carbocycles. The molecule has 0 aliphatic heterocycles. The summed E-state index contributed by atoms with van der Waals surface area (Å²) in [5, 5.41) is 3.42. The minimum Gasteiger partial charge on any atom is -0.374 e. The molecule has 0 saturated heterocycles. The summed E-state index contributed by atoms with van der Waals surface area (Å²) in [6, 6.07) is 0. The predicted molar refractivity (Wildman–Crippen MR) is 32.5 cm³/mol. The van der Waals surface area contributed by atoms with Gasteiger partial charge in [0.05, 0.1) is 0 Å². The quantitative estimate of drug-likeness (QED) is 0.637. The Balaban J connectivity index is 2.84. The average Bonchev–Trinajstić information content (AvgIpc) is 2.34. The van der Waals surface area contributed by atoms with Gasteiger partial charge in [0.2, 0.25) is 0 Å². The molecule has 1 heterocycles. The van der Waals surface area contributed by atoms with Crippen molar-refractivity contribution in [2.24, 2.45) is 0 Å². The van der Waals surface area contributed by atoms with Crippen molar-refractivity contribution in [2.45, 2.75) is 13.0 Å². The fourth-order valence-corrected chi connectivity index (χ4v) is 0.528. The van der Waals surface area contributed by atoms with E-state index in [4.69, 9.17) is 4.74 Å². The number of hydrogen-bond acceptors (Lipinski definition) is 4. The highest BCUT2D eigenvalue weighted by atomic mass is 16.5. The van der Waals surface area contributed by atoms with E-state index in [2.05, 4.69) is 14.7 Å². The molecule has 0 amide bonds. The zero-order chi connectivity index (χ0) is 7.56. The van der Waals surface area contributed by atoms with E-state index in [1.165, 1.54) is 7.11 Å². The molecular weight excluding hydrogens is 136 g/mol. The lowest BCUT2D eigenvalue weighted by Crippen LogP contribution is -2.01. The SMILES string of the molecule is COC(C)c1noc(=O)[nH]1. The van der Waals surface area contributed by atoms with Gasteiger partial charge in [0.25, 0.3) is 0 Å². The second kappa shape index (κ2) is 2.66. The zero-order valence-electron chi connectivity index (χ0n) is 5.75. The number of nitrogens with one attached hydrogen (secondary N) is 1. The second-order valence-electron chi connectivity index (χ2n) is 1.86. The van der Waals surface area contributed by atoms with Gasteiger partial charge >= 0.3 is 5.76 Å². The van der Waals surface area contributed by atoms with Crippen LogP contribution in [-0.2, 0) is 4.74 Å². The molecule has 0 aliphatic carbocycles. The first-order chi connectivity index (χ1) is 4.74. The van der Waals surface area contributed by atoms with Crippen LogP contribution in [0.1, 0.15) is 18.9 Å². The van der Waals surface area contributed by atoms with Crippen LogP contribution in [0.3, 0.4) is 0 Å². The van der Waals surface area contributed by atoms with E-state index in [-0.39, 0.29) is 6.10 Å². The van der Waals surface area contributed by atoms with Crippen LogP contribution < -0.4 is 5.76 Å². The van der Waals surface area contributed by atoms with Crippen molar-refractivity contribution in [1.82, 2.24) is 10.1 Å². The largest absolute Gasteiger partial charge is 0.438 e. The summed E-state index contributed by atoms with van der Waals surface area (Å²) >= 11 is 0. The third kappa shape index (κ3) is 1.24. The standard InChI is InChI=1S/C5H8N2O3/c1-3(9-2)4-6-5(8)10-7-4/h3H,1-2H3,(H,6,7,8). The van der Waals surface area contributed by atoms with Crippen LogP contribution >= 0.6 is 0 Å². The van der Waals surface area contributed by atoms with Crippen molar-refractivity contribution < 1.29 is 9.26 Å². The summed E-state index contributed by atoms with van der Waals surface area (Å²) in [4.78, 5) is 12.7. The van der Waals surface area contributed by atoms with Gasteiger partial charge in [-0.15, -0.1) is 0 Å². The second-order valence-corrected chi connectivity index (χ2v) is 1.86. The maximum absolute atomic E-state index is 10.4. The summed E-state index contributed by atoms with van der Waals surface area (Å²) in [6.07, 6.45) is -0.230. The van der Waals surface area contributed by atoms with Crippen LogP contribution in [0.2, 0.25) is 0 Å². The Morgan fingerprint density at radius 1 is 1.80 bits per heavy atom. The molecule has 0 aliphatic rings. The summed E-state index contributed by atoms with van der Waals surface area (Å²) in [5.74, 6) is -0.147. The van der Waals surface area contributed by atoms with Gasteiger partial charge < -0.3 is 4.74 Å². The van der Waals surface area contributed by atoms with Gasteiger partial charge in [0.1, 0.15) is 6.10 Å². The van der Waals surface area contributed by atoms with Crippen LogP contribution in [0.25, 0.3) is 0 Å². The highest BCUT2D eigenvalue weighted by molar-refractivity contribution is 4.82. The van der Waals surface area contributed by atoms with E-state index in [0.29, 0.717) is 5.82 Å². The summed E-state index contributed by atoms with van der Waals surface area (Å²) in [6.45, 7) is 1.76. The van der Waals surface area contributed by atoms with Crippen LogP contribution in [-0.4, -0.2) is 17.3 Å². The maximum atomic E-state index is 10.4. The first-order valence-electron chi connectivity index (χ1n) is 2.82. The molecule has 0 radical (unpaired) electrons. The third-order valence-corrected chi connectivity index (χ3v) is 1.20. The number of aromatic amines is 1. The maximum Gasteiger partial charge on any atom is 0.438 e. The Hall–Kier alpha value is -1.10. The van der Waals surface area contributed by atoms with E-state index in [1.54, 1.807) is 6.92 Å². The molecule has 1 rings (SSSR count). The minimum atomic E-state index is -0.557. The number of ether oxygens (including phenoxy) is 1. The molecule has 5 nitrogen and oxygen atoms in total. The number of methoxy groups -OCH3 is 1. The van der Waals surface area contributed by atoms with E-state index >= 15 is 0 Å². The molecule has 1 unspecified atom stereocenters. The fraction of sp³-hybridized carbons (Fsp3) is 0.600. The molecule has 0 fully saturated rings. The topological polar surface area (TPSA) is 68.1 Å². The molecule has 1 N–H and O–H groups in total. The van der Waals surface area contributed by atoms with Crippen molar-refractivity contribution in [2.75, 3.05) is 7.11 Å². The Morgan fingerprint density at radius 3 is 2.90 bits per heavy atom. The van der Waals surface area contributed by atoms with Gasteiger partial charge in [-0.1, -0.05) is 5.16 Å². The third-order valence-electron chi connectivity index (χ3n) is 1.20. The molecule has 10 heavy (non-hydrogen) atoms. The number of H-pyrrole nitrogens is 1. The molecule has 56 valence electrons. The van der Waals surface area contributed by atoms with Gasteiger partial charge in [-0.3, -0.25) is 9.51 Å². The van der Waals surface area contributed by atoms with Crippen LogP contribution in [0, 0.1) is 0 Å². The highest BCUT2D eigenvalue weighted by Crippen LogP contribution is 2.06. The van der Waals surface area contributed by atoms with Crippen LogP contribution in [0.4, 0.5) is 0 Å². The minimum absolute atomic E-state index is 0.230. The lowest BCUT2D eigenvalue weighted by Gasteiger charge is -2.01. The Labute approximate surface area is 57.0 Å². The molecule has 1 aromatic heterocycles. The molecular formula is C5H8N2O3. The van der Waals surface area contributed by atoms with Crippen LogP contribution in [0.15, 0.2) is 9.32 Å². The van der Waals surface area contributed by atoms with E-state index in [1.807, 2.05) is 0 Å². The van der Waals surface area contributed by atoms with Crippen molar-refractivity contribution >= 4 is 0 Å². The molecule has 1 atom stereocenters. The number of aromatic nitrogens is 2. The first kappa shape index (κ1) is 7.01. The van der Waals surface area contributed by atoms with E-state index in [0.717, 1.165) is 0 Å². The summed E-state index contributed by atoms with van der Waals surface area (Å²) in [5.41, 5.74) is 0. The van der Waals surface area contributed by atoms with Crippen LogP contribution in [0.5, 0.6) is 0 Å². The van der Waals surface area contributed by atoms with Gasteiger partial charge in [0.15, 0.2) is 5.82 Å². The summed E-state index contributed by atoms with van der Waals surface area (Å²) in [7, 11) is 1.53. The van der Waals surface area contributed by atoms with Gasteiger partial charge in [-0.2, -0.15) is 0 Å². The lowest BCUT2D eigenvalue weighted by molar-refractivity contribution is 0.109. The van der Waals surface area contributed by atoms with E-state index in [9.17, 15) is 4.79 Å². The number of rotatable bonds is 2. The van der Waals surface area contributed by atoms with E-state index < -0.39 is 5.76 Å². The Kier molecular flexibility index (Phi) is 1.86.